The maximum absolute atomic E-state index is 14.0. The van der Waals surface area contributed by atoms with Crippen molar-refractivity contribution >= 4 is 40.8 Å². The predicted molar refractivity (Wildman–Crippen MR) is 162 cm³/mol. The van der Waals surface area contributed by atoms with E-state index in [1.165, 1.54) is 22.9 Å². The Morgan fingerprint density at radius 3 is 2.48 bits per heavy atom. The molecule has 9 nitrogen and oxygen atoms in total. The third-order valence-corrected chi connectivity index (χ3v) is 8.55. The first-order chi connectivity index (χ1) is 20.7. The summed E-state index contributed by atoms with van der Waals surface area (Å²) in [7, 11) is 0. The number of nitrogens with zero attached hydrogens (tertiary/aromatic N) is 5. The molecule has 0 spiro atoms. The Hall–Kier alpha value is -3.68. The summed E-state index contributed by atoms with van der Waals surface area (Å²) < 4.78 is 48.7. The zero-order valence-electron chi connectivity index (χ0n) is 24.3. The van der Waals surface area contributed by atoms with Crippen molar-refractivity contribution in [2.45, 2.75) is 45.5 Å². The highest BCUT2D eigenvalue weighted by atomic mass is 35.5. The third-order valence-electron chi connectivity index (χ3n) is 7.29. The molecule has 1 amide bonds. The summed E-state index contributed by atoms with van der Waals surface area (Å²) in [6.45, 7) is 8.04. The highest BCUT2D eigenvalue weighted by molar-refractivity contribution is 7.10. The Bertz CT molecular complexity index is 1790. The first-order valence-corrected chi connectivity index (χ1v) is 15.1. The molecule has 3 aromatic rings. The van der Waals surface area contributed by atoms with Gasteiger partial charge in [0.15, 0.2) is 0 Å². The summed E-state index contributed by atoms with van der Waals surface area (Å²) in [5, 5.41) is 20.3. The van der Waals surface area contributed by atoms with E-state index < -0.39 is 22.2 Å². The molecule has 234 valence electrons. The number of aromatic nitrogens is 1. The van der Waals surface area contributed by atoms with Gasteiger partial charge in [-0.3, -0.25) is 14.3 Å². The molecular formula is C30H31ClF3N5O4S. The Balaban J connectivity index is 1.43. The van der Waals surface area contributed by atoms with E-state index >= 15 is 0 Å². The number of alkyl halides is 3. The summed E-state index contributed by atoms with van der Waals surface area (Å²) >= 11 is 6.69. The van der Waals surface area contributed by atoms with Crippen LogP contribution in [0.1, 0.15) is 42.3 Å². The van der Waals surface area contributed by atoms with E-state index in [2.05, 4.69) is 15.1 Å². The van der Waals surface area contributed by atoms with E-state index in [-0.39, 0.29) is 40.4 Å². The fourth-order valence-electron chi connectivity index (χ4n) is 5.07. The molecule has 0 aliphatic carbocycles. The summed E-state index contributed by atoms with van der Waals surface area (Å²) in [5.74, 6) is -0.316. The Kier molecular flexibility index (Phi) is 8.92. The molecule has 5 rings (SSSR count). The van der Waals surface area contributed by atoms with Gasteiger partial charge in [-0.25, -0.2) is 4.79 Å². The number of piperazine rings is 1. The van der Waals surface area contributed by atoms with Crippen LogP contribution >= 0.6 is 22.9 Å². The highest BCUT2D eigenvalue weighted by Gasteiger charge is 2.34. The Morgan fingerprint density at radius 1 is 1.07 bits per heavy atom. The molecule has 0 atom stereocenters. The van der Waals surface area contributed by atoms with Crippen molar-refractivity contribution in [3.05, 3.63) is 83.2 Å². The Labute approximate surface area is 260 Å². The van der Waals surface area contributed by atoms with Crippen LogP contribution in [0.5, 0.6) is 5.88 Å². The van der Waals surface area contributed by atoms with E-state index in [1.54, 1.807) is 23.1 Å². The average molecular weight is 650 g/mol. The smallest absolute Gasteiger partial charge is 0.416 e. The molecule has 2 aliphatic heterocycles. The molecule has 1 aromatic heterocycles. The first kappa shape index (κ1) is 31.7. The molecule has 44 heavy (non-hydrogen) atoms. The molecule has 2 aliphatic rings. The molecule has 2 aromatic carbocycles. The minimum Gasteiger partial charge on any atom is -0.493 e. The number of carbonyl (C=O) groups excluding carboxylic acids is 1. The van der Waals surface area contributed by atoms with Crippen molar-refractivity contribution in [2.24, 2.45) is 10.2 Å². The Morgan fingerprint density at radius 2 is 1.80 bits per heavy atom. The quantitative estimate of drug-likeness (QED) is 0.431. The van der Waals surface area contributed by atoms with Gasteiger partial charge < -0.3 is 14.7 Å². The van der Waals surface area contributed by atoms with Crippen LogP contribution in [0.2, 0.25) is 5.02 Å². The van der Waals surface area contributed by atoms with Gasteiger partial charge >= 0.3 is 17.1 Å². The number of amides is 1. The number of carbonyl (C=O) groups is 1. The molecule has 0 radical (unpaired) electrons. The lowest BCUT2D eigenvalue weighted by Crippen LogP contribution is -2.50. The van der Waals surface area contributed by atoms with E-state index in [0.717, 1.165) is 17.4 Å². The number of rotatable bonds is 6. The molecule has 1 saturated heterocycles. The predicted octanol–water partition coefficient (Wildman–Crippen LogP) is 4.25. The van der Waals surface area contributed by atoms with Crippen LogP contribution in [0.3, 0.4) is 0 Å². The first-order valence-electron chi connectivity index (χ1n) is 13.9. The molecule has 1 fully saturated rings. The number of benzene rings is 2. The standard InChI is InChI=1S/C30H31ClF3N5O4S/c1-29(2,3)43-27(41)38-11-8-37(9-12-38)10-13-39-26(40)25(44-28(39)42)22(18-5-7-24-20(14-18)17-35-36-24)15-19-4-6-21(31)16-23(19)30(32,33)34/h4-7,14,16-17,40H,8-13,15H2,1-3H3. The second-order valence-electron chi connectivity index (χ2n) is 11.6. The van der Waals surface area contributed by atoms with E-state index in [0.29, 0.717) is 54.4 Å². The molecule has 3 heterocycles. The lowest BCUT2D eigenvalue weighted by molar-refractivity contribution is -0.138. The van der Waals surface area contributed by atoms with Crippen molar-refractivity contribution in [3.8, 4) is 5.88 Å². The highest BCUT2D eigenvalue weighted by Crippen LogP contribution is 2.37. The monoisotopic (exact) mass is 649 g/mol. The van der Waals surface area contributed by atoms with Crippen molar-refractivity contribution in [1.29, 1.82) is 0 Å². The third kappa shape index (κ3) is 7.16. The topological polar surface area (TPSA) is 99.7 Å². The van der Waals surface area contributed by atoms with Crippen molar-refractivity contribution in [3.63, 3.8) is 0 Å². The fraction of sp³-hybridized carbons (Fsp3) is 0.400. The normalized spacial score (nSPS) is 16.1. The van der Waals surface area contributed by atoms with Crippen molar-refractivity contribution in [1.82, 2.24) is 14.4 Å². The number of aromatic hydroxyl groups is 1. The number of fused-ring (bicyclic) bond motifs is 1. The lowest BCUT2D eigenvalue weighted by atomic mass is 9.96. The maximum atomic E-state index is 14.0. The minimum atomic E-state index is -4.66. The van der Waals surface area contributed by atoms with E-state index in [1.807, 2.05) is 20.8 Å². The molecular weight excluding hydrogens is 619 g/mol. The number of hydrogen-bond donors (Lipinski definition) is 1. The molecule has 0 unspecified atom stereocenters. The van der Waals surface area contributed by atoms with Gasteiger partial charge in [-0.05, 0) is 61.4 Å². The molecule has 1 N–H and O–H groups in total. The van der Waals surface area contributed by atoms with Crippen LogP contribution in [-0.4, -0.2) is 70.1 Å². The maximum Gasteiger partial charge on any atom is 0.416 e. The number of thiazole rings is 1. The van der Waals surface area contributed by atoms with Crippen molar-refractivity contribution < 1.29 is 27.8 Å². The van der Waals surface area contributed by atoms with Gasteiger partial charge in [-0.1, -0.05) is 35.1 Å². The molecule has 14 heteroatoms. The van der Waals surface area contributed by atoms with Gasteiger partial charge in [0.2, 0.25) is 5.88 Å². The lowest BCUT2D eigenvalue weighted by Gasteiger charge is -2.35. The van der Waals surface area contributed by atoms with Crippen LogP contribution in [0.15, 0.2) is 51.4 Å². The van der Waals surface area contributed by atoms with Crippen LogP contribution in [0, 0.1) is 0 Å². The minimum absolute atomic E-state index is 0.0505. The van der Waals surface area contributed by atoms with Crippen LogP contribution in [0.4, 0.5) is 18.0 Å². The van der Waals surface area contributed by atoms with Gasteiger partial charge in [0.05, 0.1) is 22.0 Å². The van der Waals surface area contributed by atoms with Gasteiger partial charge in [0.25, 0.3) is 0 Å². The zero-order chi connectivity index (χ0) is 31.8. The second kappa shape index (κ2) is 12.4. The summed E-state index contributed by atoms with van der Waals surface area (Å²) in [5.41, 5.74) is -0.513. The van der Waals surface area contributed by atoms with Crippen LogP contribution in [0.25, 0.3) is 5.57 Å². The van der Waals surface area contributed by atoms with Gasteiger partial charge in [-0.2, -0.15) is 23.4 Å². The van der Waals surface area contributed by atoms with Crippen LogP contribution in [-0.2, 0) is 23.9 Å². The van der Waals surface area contributed by atoms with E-state index in [9.17, 15) is 27.9 Å². The van der Waals surface area contributed by atoms with Gasteiger partial charge in [0.1, 0.15) is 5.60 Å². The molecule has 0 saturated carbocycles. The molecule has 0 bridgehead atoms. The SMILES string of the molecule is CC(C)(C)OC(=O)N1CCN(CCn2c(O)c(C(Cc3ccc(Cl)cc3C(F)(F)F)=c3ccc4c(c3)C=NN=4)sc2=O)CC1. The van der Waals surface area contributed by atoms with Gasteiger partial charge in [-0.15, -0.1) is 0 Å². The summed E-state index contributed by atoms with van der Waals surface area (Å²) in [4.78, 5) is 29.0. The fourth-order valence-corrected chi connectivity index (χ4v) is 6.22. The number of halogens is 4. The number of ether oxygens (including phenoxy) is 1. The number of hydrogen-bond acceptors (Lipinski definition) is 8. The summed E-state index contributed by atoms with van der Waals surface area (Å²) in [6, 6.07) is 8.67. The second-order valence-corrected chi connectivity index (χ2v) is 13.0. The zero-order valence-corrected chi connectivity index (χ0v) is 25.9. The van der Waals surface area contributed by atoms with Gasteiger partial charge in [0, 0.05) is 56.3 Å². The van der Waals surface area contributed by atoms with E-state index in [4.69, 9.17) is 16.3 Å². The average Bonchev–Trinajstić information content (AvgIpc) is 3.53. The summed E-state index contributed by atoms with van der Waals surface area (Å²) in [6.07, 6.45) is -3.73. The van der Waals surface area contributed by atoms with Crippen molar-refractivity contribution in [2.75, 3.05) is 32.7 Å². The largest absolute Gasteiger partial charge is 0.493 e. The van der Waals surface area contributed by atoms with Crippen LogP contribution < -0.4 is 15.4 Å².